The van der Waals surface area contributed by atoms with E-state index >= 15 is 0 Å². The average molecular weight is 273 g/mol. The van der Waals surface area contributed by atoms with Crippen LogP contribution in [0.4, 0.5) is 11.4 Å². The number of hydrogen-bond donors (Lipinski definition) is 1. The Morgan fingerprint density at radius 2 is 1.95 bits per heavy atom. The van der Waals surface area contributed by atoms with Gasteiger partial charge in [-0.3, -0.25) is 4.68 Å². The van der Waals surface area contributed by atoms with E-state index in [9.17, 15) is 0 Å². The molecule has 0 spiro atoms. The van der Waals surface area contributed by atoms with Gasteiger partial charge in [-0.25, -0.2) is 0 Å². The average Bonchev–Trinajstić information content (AvgIpc) is 2.92. The molecule has 1 aromatic carbocycles. The van der Waals surface area contributed by atoms with E-state index in [1.807, 2.05) is 13.2 Å². The Hall–Kier alpha value is -2.08. The Balaban J connectivity index is 1.58. The number of benzene rings is 1. The van der Waals surface area contributed by atoms with Gasteiger partial charge in [-0.1, -0.05) is 5.21 Å². The van der Waals surface area contributed by atoms with Crippen LogP contribution in [0.15, 0.2) is 30.5 Å². The predicted molar refractivity (Wildman–Crippen MR) is 77.8 cm³/mol. The normalized spacial score (nSPS) is 15.3. The summed E-state index contributed by atoms with van der Waals surface area (Å²) in [6.45, 7) is 4.24. The first kappa shape index (κ1) is 12.9. The van der Waals surface area contributed by atoms with E-state index in [0.717, 1.165) is 37.7 Å². The summed E-state index contributed by atoms with van der Waals surface area (Å²) >= 11 is 0. The highest BCUT2D eigenvalue weighted by Crippen LogP contribution is 2.19. The van der Waals surface area contributed by atoms with Crippen molar-refractivity contribution in [3.63, 3.8) is 0 Å². The fourth-order valence-electron chi connectivity index (χ4n) is 2.28. The lowest BCUT2D eigenvalue weighted by Crippen LogP contribution is -2.36. The topological polar surface area (TPSA) is 55.2 Å². The van der Waals surface area contributed by atoms with Gasteiger partial charge in [0, 0.05) is 37.7 Å². The largest absolute Gasteiger partial charge is 0.379 e. The van der Waals surface area contributed by atoms with E-state index in [1.54, 1.807) is 4.68 Å². The predicted octanol–water partition coefficient (Wildman–Crippen LogP) is 1.26. The van der Waals surface area contributed by atoms with Crippen molar-refractivity contribution in [3.8, 4) is 0 Å². The molecule has 0 radical (unpaired) electrons. The highest BCUT2D eigenvalue weighted by atomic mass is 16.5. The van der Waals surface area contributed by atoms with Crippen molar-refractivity contribution < 1.29 is 4.74 Å². The molecule has 0 unspecified atom stereocenters. The fourth-order valence-corrected chi connectivity index (χ4v) is 2.28. The minimum Gasteiger partial charge on any atom is -0.379 e. The summed E-state index contributed by atoms with van der Waals surface area (Å²) < 4.78 is 7.07. The van der Waals surface area contributed by atoms with Gasteiger partial charge in [-0.2, -0.15) is 0 Å². The third kappa shape index (κ3) is 3.08. The zero-order valence-electron chi connectivity index (χ0n) is 11.6. The van der Waals surface area contributed by atoms with Crippen molar-refractivity contribution in [3.05, 3.63) is 36.2 Å². The molecule has 2 heterocycles. The minimum atomic E-state index is 0.685. The van der Waals surface area contributed by atoms with Crippen molar-refractivity contribution in [2.45, 2.75) is 6.54 Å². The Labute approximate surface area is 118 Å². The van der Waals surface area contributed by atoms with Gasteiger partial charge in [0.2, 0.25) is 0 Å². The van der Waals surface area contributed by atoms with E-state index in [-0.39, 0.29) is 0 Å². The molecular formula is C14H19N5O. The van der Waals surface area contributed by atoms with Crippen LogP contribution in [0.1, 0.15) is 5.69 Å². The highest BCUT2D eigenvalue weighted by molar-refractivity contribution is 5.55. The van der Waals surface area contributed by atoms with Crippen LogP contribution >= 0.6 is 0 Å². The number of aryl methyl sites for hydroxylation is 1. The van der Waals surface area contributed by atoms with E-state index in [4.69, 9.17) is 4.74 Å². The van der Waals surface area contributed by atoms with Gasteiger partial charge < -0.3 is 15.0 Å². The third-order valence-electron chi connectivity index (χ3n) is 3.37. The molecule has 0 amide bonds. The van der Waals surface area contributed by atoms with Crippen molar-refractivity contribution in [1.29, 1.82) is 0 Å². The molecule has 6 nitrogen and oxygen atoms in total. The molecule has 1 aliphatic rings. The Bertz CT molecular complexity index is 545. The van der Waals surface area contributed by atoms with E-state index in [2.05, 4.69) is 44.8 Å². The molecule has 3 rings (SSSR count). The molecule has 2 aromatic rings. The molecule has 1 fully saturated rings. The van der Waals surface area contributed by atoms with Gasteiger partial charge in [-0.05, 0) is 24.3 Å². The monoisotopic (exact) mass is 273 g/mol. The number of nitrogens with one attached hydrogen (secondary N) is 1. The molecule has 0 aliphatic carbocycles. The molecule has 1 aliphatic heterocycles. The van der Waals surface area contributed by atoms with Gasteiger partial charge in [0.05, 0.1) is 19.8 Å². The van der Waals surface area contributed by atoms with Crippen LogP contribution in [0, 0.1) is 0 Å². The van der Waals surface area contributed by atoms with Crippen molar-refractivity contribution in [2.24, 2.45) is 7.05 Å². The number of ether oxygens (including phenoxy) is 1. The zero-order valence-corrected chi connectivity index (χ0v) is 11.6. The SMILES string of the molecule is Cn1cc(CNc2ccc(N3CCOCC3)cc2)nn1. The quantitative estimate of drug-likeness (QED) is 0.909. The number of rotatable bonds is 4. The highest BCUT2D eigenvalue weighted by Gasteiger charge is 2.10. The van der Waals surface area contributed by atoms with Crippen molar-refractivity contribution in [1.82, 2.24) is 15.0 Å². The van der Waals surface area contributed by atoms with Gasteiger partial charge in [0.15, 0.2) is 0 Å². The van der Waals surface area contributed by atoms with E-state index in [0.29, 0.717) is 6.54 Å². The first-order valence-electron chi connectivity index (χ1n) is 6.83. The molecule has 20 heavy (non-hydrogen) atoms. The molecule has 0 saturated carbocycles. The molecule has 1 saturated heterocycles. The summed E-state index contributed by atoms with van der Waals surface area (Å²) in [6.07, 6.45) is 1.91. The van der Waals surface area contributed by atoms with Crippen LogP contribution in [0.5, 0.6) is 0 Å². The van der Waals surface area contributed by atoms with Crippen LogP contribution in [-0.2, 0) is 18.3 Å². The second-order valence-corrected chi connectivity index (χ2v) is 4.88. The Kier molecular flexibility index (Phi) is 3.83. The van der Waals surface area contributed by atoms with Crippen molar-refractivity contribution >= 4 is 11.4 Å². The maximum Gasteiger partial charge on any atom is 0.102 e. The van der Waals surface area contributed by atoms with Gasteiger partial charge >= 0.3 is 0 Å². The summed E-state index contributed by atoms with van der Waals surface area (Å²) in [7, 11) is 1.87. The van der Waals surface area contributed by atoms with Crippen LogP contribution in [0.25, 0.3) is 0 Å². The molecule has 106 valence electrons. The Morgan fingerprint density at radius 3 is 2.60 bits per heavy atom. The van der Waals surface area contributed by atoms with Crippen molar-refractivity contribution in [2.75, 3.05) is 36.5 Å². The second-order valence-electron chi connectivity index (χ2n) is 4.88. The number of nitrogens with zero attached hydrogens (tertiary/aromatic N) is 4. The lowest BCUT2D eigenvalue weighted by atomic mass is 10.2. The summed E-state index contributed by atoms with van der Waals surface area (Å²) in [5, 5.41) is 11.3. The minimum absolute atomic E-state index is 0.685. The van der Waals surface area contributed by atoms with Crippen LogP contribution in [0.3, 0.4) is 0 Å². The summed E-state index contributed by atoms with van der Waals surface area (Å²) in [5.41, 5.74) is 3.27. The number of morpholine rings is 1. The maximum atomic E-state index is 5.37. The molecule has 0 atom stereocenters. The van der Waals surface area contributed by atoms with E-state index < -0.39 is 0 Å². The second kappa shape index (κ2) is 5.92. The Morgan fingerprint density at radius 1 is 1.20 bits per heavy atom. The number of anilines is 2. The lowest BCUT2D eigenvalue weighted by Gasteiger charge is -2.28. The van der Waals surface area contributed by atoms with Crippen LogP contribution in [0.2, 0.25) is 0 Å². The molecule has 1 N–H and O–H groups in total. The molecule has 0 bridgehead atoms. The standard InChI is InChI=1S/C14H19N5O/c1-18-11-13(16-17-18)10-15-12-2-4-14(5-3-12)19-6-8-20-9-7-19/h2-5,11,15H,6-10H2,1H3. The van der Waals surface area contributed by atoms with Crippen LogP contribution in [-0.4, -0.2) is 41.3 Å². The van der Waals surface area contributed by atoms with Gasteiger partial charge in [-0.15, -0.1) is 5.10 Å². The lowest BCUT2D eigenvalue weighted by molar-refractivity contribution is 0.122. The third-order valence-corrected chi connectivity index (χ3v) is 3.37. The molecule has 1 aromatic heterocycles. The molecule has 6 heteroatoms. The van der Waals surface area contributed by atoms with Gasteiger partial charge in [0.25, 0.3) is 0 Å². The zero-order chi connectivity index (χ0) is 13.8. The maximum absolute atomic E-state index is 5.37. The summed E-state index contributed by atoms with van der Waals surface area (Å²) in [4.78, 5) is 2.34. The summed E-state index contributed by atoms with van der Waals surface area (Å²) in [5.74, 6) is 0. The summed E-state index contributed by atoms with van der Waals surface area (Å²) in [6, 6.07) is 8.48. The number of aromatic nitrogens is 3. The number of hydrogen-bond acceptors (Lipinski definition) is 5. The first-order chi connectivity index (χ1) is 9.81. The molecular weight excluding hydrogens is 254 g/mol. The smallest absolute Gasteiger partial charge is 0.102 e. The van der Waals surface area contributed by atoms with Crippen LogP contribution < -0.4 is 10.2 Å². The van der Waals surface area contributed by atoms with E-state index in [1.165, 1.54) is 5.69 Å². The first-order valence-corrected chi connectivity index (χ1v) is 6.83. The van der Waals surface area contributed by atoms with Gasteiger partial charge in [0.1, 0.15) is 5.69 Å². The fraction of sp³-hybridized carbons (Fsp3) is 0.429.